The maximum atomic E-state index is 11.8. The summed E-state index contributed by atoms with van der Waals surface area (Å²) in [5.74, 6) is 0. The summed E-state index contributed by atoms with van der Waals surface area (Å²) in [7, 11) is 0. The Morgan fingerprint density at radius 2 is 2.00 bits per heavy atom. The zero-order valence-electron chi connectivity index (χ0n) is 7.50. The van der Waals surface area contributed by atoms with Crippen LogP contribution in [0.15, 0.2) is 14.3 Å². The van der Waals surface area contributed by atoms with Gasteiger partial charge in [0.15, 0.2) is 0 Å². The van der Waals surface area contributed by atoms with Crippen molar-refractivity contribution >= 4 is 43.2 Å². The van der Waals surface area contributed by atoms with E-state index in [1.807, 2.05) is 6.07 Å². The van der Waals surface area contributed by atoms with Gasteiger partial charge in [-0.2, -0.15) is 13.2 Å². The average molecular weight is 367 g/mol. The molecule has 0 aliphatic rings. The molecule has 7 heteroatoms. The Bertz CT molecular complexity index is 305. The molecule has 15 heavy (non-hydrogen) atoms. The number of hydrogen-bond donors (Lipinski definition) is 1. The van der Waals surface area contributed by atoms with Crippen molar-refractivity contribution in [3.8, 4) is 0 Å². The number of hydrogen-bond acceptors (Lipinski definition) is 2. The number of nitrogens with one attached hydrogen (secondary N) is 1. The molecule has 86 valence electrons. The molecular weight excluding hydrogens is 359 g/mol. The molecule has 0 aromatic carbocycles. The fourth-order valence-corrected chi connectivity index (χ4v) is 3.07. The largest absolute Gasteiger partial charge is 0.390 e. The smallest absolute Gasteiger partial charge is 0.312 e. The first-order valence-electron chi connectivity index (χ1n) is 4.09. The molecular formula is C8H8Br2F3NS. The van der Waals surface area contributed by atoms with Crippen LogP contribution in [0.3, 0.4) is 0 Å². The fraction of sp³-hybridized carbons (Fsp3) is 0.500. The van der Waals surface area contributed by atoms with E-state index in [0.717, 1.165) is 13.1 Å². The van der Waals surface area contributed by atoms with Crippen LogP contribution in [0, 0.1) is 0 Å². The first-order valence-corrected chi connectivity index (χ1v) is 6.50. The minimum Gasteiger partial charge on any atom is -0.312 e. The average Bonchev–Trinajstić information content (AvgIpc) is 2.39. The zero-order valence-corrected chi connectivity index (χ0v) is 11.5. The molecule has 0 radical (unpaired) electrons. The SMILES string of the molecule is FC(F)(F)CCNCc1cc(Br)c(Br)s1. The van der Waals surface area contributed by atoms with Crippen molar-refractivity contribution in [1.82, 2.24) is 5.32 Å². The Balaban J connectivity index is 2.26. The number of alkyl halides is 3. The molecule has 1 heterocycles. The van der Waals surface area contributed by atoms with Crippen molar-refractivity contribution in [3.63, 3.8) is 0 Å². The Hall–Kier alpha value is 0.410. The number of thiophene rings is 1. The van der Waals surface area contributed by atoms with Gasteiger partial charge in [0.05, 0.1) is 10.2 Å². The molecule has 0 spiro atoms. The van der Waals surface area contributed by atoms with Gasteiger partial charge in [0.2, 0.25) is 0 Å². The van der Waals surface area contributed by atoms with Crippen molar-refractivity contribution < 1.29 is 13.2 Å². The molecule has 0 unspecified atom stereocenters. The molecule has 1 nitrogen and oxygen atoms in total. The maximum Gasteiger partial charge on any atom is 0.390 e. The number of rotatable bonds is 4. The van der Waals surface area contributed by atoms with E-state index in [4.69, 9.17) is 0 Å². The molecule has 0 amide bonds. The van der Waals surface area contributed by atoms with Crippen LogP contribution in [0.2, 0.25) is 0 Å². The molecule has 0 atom stereocenters. The van der Waals surface area contributed by atoms with E-state index >= 15 is 0 Å². The van der Waals surface area contributed by atoms with Gasteiger partial charge in [-0.25, -0.2) is 0 Å². The highest BCUT2D eigenvalue weighted by Gasteiger charge is 2.25. The summed E-state index contributed by atoms with van der Waals surface area (Å²) >= 11 is 8.13. The molecule has 0 aliphatic heterocycles. The normalized spacial score (nSPS) is 12.1. The van der Waals surface area contributed by atoms with Gasteiger partial charge in [0.1, 0.15) is 0 Å². The molecule has 0 saturated carbocycles. The van der Waals surface area contributed by atoms with E-state index in [-0.39, 0.29) is 6.54 Å². The lowest BCUT2D eigenvalue weighted by Crippen LogP contribution is -2.20. The minimum atomic E-state index is -4.08. The maximum absolute atomic E-state index is 11.8. The first kappa shape index (κ1) is 13.5. The molecule has 0 fully saturated rings. The fourth-order valence-electron chi connectivity index (χ4n) is 0.920. The zero-order chi connectivity index (χ0) is 11.5. The van der Waals surface area contributed by atoms with Gasteiger partial charge in [-0.15, -0.1) is 11.3 Å². The molecule has 1 aromatic rings. The molecule has 1 aromatic heterocycles. The van der Waals surface area contributed by atoms with Gasteiger partial charge in [-0.3, -0.25) is 0 Å². The van der Waals surface area contributed by atoms with Crippen molar-refractivity contribution in [2.24, 2.45) is 0 Å². The topological polar surface area (TPSA) is 12.0 Å². The van der Waals surface area contributed by atoms with Gasteiger partial charge in [0, 0.05) is 22.4 Å². The second kappa shape index (κ2) is 5.65. The predicted octanol–water partition coefficient (Wildman–Crippen LogP) is 4.32. The Morgan fingerprint density at radius 1 is 1.33 bits per heavy atom. The molecule has 0 bridgehead atoms. The Kier molecular flexibility index (Phi) is 5.08. The van der Waals surface area contributed by atoms with E-state index in [9.17, 15) is 13.2 Å². The number of halogens is 5. The van der Waals surface area contributed by atoms with Gasteiger partial charge in [0.25, 0.3) is 0 Å². The summed E-state index contributed by atoms with van der Waals surface area (Å²) in [4.78, 5) is 0.996. The van der Waals surface area contributed by atoms with Crippen LogP contribution >= 0.6 is 43.2 Å². The van der Waals surface area contributed by atoms with Crippen LogP contribution in [-0.2, 0) is 6.54 Å². The van der Waals surface area contributed by atoms with Gasteiger partial charge in [-0.1, -0.05) is 0 Å². The summed E-state index contributed by atoms with van der Waals surface area (Å²) in [5, 5.41) is 2.75. The second-order valence-electron chi connectivity index (χ2n) is 2.88. The summed E-state index contributed by atoms with van der Waals surface area (Å²) in [6.07, 6.45) is -4.87. The van der Waals surface area contributed by atoms with Crippen molar-refractivity contribution in [2.75, 3.05) is 6.54 Å². The lowest BCUT2D eigenvalue weighted by atomic mass is 10.4. The van der Waals surface area contributed by atoms with Crippen LogP contribution in [0.1, 0.15) is 11.3 Å². The highest BCUT2D eigenvalue weighted by atomic mass is 79.9. The quantitative estimate of drug-likeness (QED) is 0.782. The third-order valence-corrected chi connectivity index (χ3v) is 4.84. The summed E-state index contributed by atoms with van der Waals surface area (Å²) in [5.41, 5.74) is 0. The van der Waals surface area contributed by atoms with E-state index < -0.39 is 12.6 Å². The standard InChI is InChI=1S/C8H8Br2F3NS/c9-6-3-5(15-7(6)10)4-14-2-1-8(11,12)13/h3,14H,1-2,4H2. The molecule has 0 saturated heterocycles. The minimum absolute atomic E-state index is 0.0450. The van der Waals surface area contributed by atoms with E-state index in [1.165, 1.54) is 11.3 Å². The summed E-state index contributed by atoms with van der Waals surface area (Å²) < 4.78 is 37.3. The van der Waals surface area contributed by atoms with Crippen LogP contribution in [0.5, 0.6) is 0 Å². The van der Waals surface area contributed by atoms with Crippen LogP contribution in [0.25, 0.3) is 0 Å². The summed E-state index contributed by atoms with van der Waals surface area (Å²) in [6, 6.07) is 1.88. The molecule has 1 N–H and O–H groups in total. The Morgan fingerprint density at radius 3 is 2.47 bits per heavy atom. The van der Waals surface area contributed by atoms with Crippen LogP contribution in [0.4, 0.5) is 13.2 Å². The lowest BCUT2D eigenvalue weighted by molar-refractivity contribution is -0.133. The van der Waals surface area contributed by atoms with Crippen molar-refractivity contribution in [2.45, 2.75) is 19.1 Å². The highest BCUT2D eigenvalue weighted by Crippen LogP contribution is 2.32. The Labute approximate surface area is 106 Å². The van der Waals surface area contributed by atoms with Gasteiger partial charge >= 0.3 is 6.18 Å². The predicted molar refractivity (Wildman–Crippen MR) is 62.1 cm³/mol. The van der Waals surface area contributed by atoms with Crippen molar-refractivity contribution in [1.29, 1.82) is 0 Å². The third kappa shape index (κ3) is 5.33. The summed E-state index contributed by atoms with van der Waals surface area (Å²) in [6.45, 7) is 0.418. The molecule has 0 aliphatic carbocycles. The second-order valence-corrected chi connectivity index (χ2v) is 6.19. The monoisotopic (exact) mass is 365 g/mol. The van der Waals surface area contributed by atoms with Crippen molar-refractivity contribution in [3.05, 3.63) is 19.2 Å². The van der Waals surface area contributed by atoms with E-state index in [1.54, 1.807) is 0 Å². The van der Waals surface area contributed by atoms with Crippen LogP contribution in [-0.4, -0.2) is 12.7 Å². The van der Waals surface area contributed by atoms with E-state index in [2.05, 4.69) is 37.2 Å². The molecule has 1 rings (SSSR count). The van der Waals surface area contributed by atoms with Crippen LogP contribution < -0.4 is 5.32 Å². The lowest BCUT2D eigenvalue weighted by Gasteiger charge is -2.06. The first-order chi connectivity index (χ1) is 6.88. The third-order valence-electron chi connectivity index (χ3n) is 1.58. The van der Waals surface area contributed by atoms with E-state index in [0.29, 0.717) is 6.54 Å². The van der Waals surface area contributed by atoms with Gasteiger partial charge < -0.3 is 5.32 Å². The van der Waals surface area contributed by atoms with Gasteiger partial charge in [-0.05, 0) is 37.9 Å². The highest BCUT2D eigenvalue weighted by molar-refractivity contribution is 9.13.